The summed E-state index contributed by atoms with van der Waals surface area (Å²) in [6, 6.07) is 32.4. The van der Waals surface area contributed by atoms with Crippen LogP contribution in [-0.2, 0) is 22.8 Å². The number of nitrogens with zero attached hydrogens (tertiary/aromatic N) is 1. The summed E-state index contributed by atoms with van der Waals surface area (Å²) in [6.07, 6.45) is 1.49. The van der Waals surface area contributed by atoms with E-state index in [1.165, 1.54) is 6.08 Å². The average Bonchev–Trinajstić information content (AvgIpc) is 3.02. The summed E-state index contributed by atoms with van der Waals surface area (Å²) >= 11 is 6.22. The molecule has 0 spiro atoms. The van der Waals surface area contributed by atoms with Crippen molar-refractivity contribution < 1.29 is 23.9 Å². The molecule has 1 aliphatic heterocycles. The first-order chi connectivity index (χ1) is 21.4. The second-order valence-electron chi connectivity index (χ2n) is 10.3. The zero-order valence-corrected chi connectivity index (χ0v) is 24.5. The van der Waals surface area contributed by atoms with E-state index in [2.05, 4.69) is 5.32 Å². The van der Waals surface area contributed by atoms with Crippen LogP contribution < -0.4 is 19.7 Å². The van der Waals surface area contributed by atoms with Gasteiger partial charge >= 0.3 is 6.03 Å². The highest BCUT2D eigenvalue weighted by Crippen LogP contribution is 2.33. The molecule has 0 radical (unpaired) electrons. The molecule has 4 amide bonds. The molecule has 8 heteroatoms. The van der Waals surface area contributed by atoms with E-state index in [4.69, 9.17) is 21.1 Å². The van der Waals surface area contributed by atoms with Gasteiger partial charge in [-0.1, -0.05) is 90.0 Å². The van der Waals surface area contributed by atoms with Crippen LogP contribution in [0.3, 0.4) is 0 Å². The number of anilines is 1. The van der Waals surface area contributed by atoms with Crippen molar-refractivity contribution in [2.45, 2.75) is 20.1 Å². The van der Waals surface area contributed by atoms with Crippen molar-refractivity contribution in [3.8, 4) is 11.5 Å². The van der Waals surface area contributed by atoms with E-state index in [-0.39, 0.29) is 17.9 Å². The van der Waals surface area contributed by atoms with Gasteiger partial charge in [-0.05, 0) is 65.7 Å². The van der Waals surface area contributed by atoms with Gasteiger partial charge in [-0.15, -0.1) is 0 Å². The number of ether oxygens (including phenoxy) is 2. The van der Waals surface area contributed by atoms with E-state index in [0.717, 1.165) is 32.4 Å². The molecule has 1 fully saturated rings. The number of barbiturate groups is 1. The van der Waals surface area contributed by atoms with Gasteiger partial charge in [0.15, 0.2) is 0 Å². The number of carbonyl (C=O) groups is 3. The number of hydrogen-bond donors (Lipinski definition) is 1. The molecule has 0 aromatic heterocycles. The van der Waals surface area contributed by atoms with Gasteiger partial charge in [0, 0.05) is 16.1 Å². The summed E-state index contributed by atoms with van der Waals surface area (Å²) in [7, 11) is 0. The summed E-state index contributed by atoms with van der Waals surface area (Å²) in [5, 5.41) is 4.60. The standard InChI is InChI=1S/C36H27ClN2O5/c1-23-7-6-8-24(19-23)21-44-33-18-13-25-9-2-4-11-29(25)30(33)20-31-34(40)38-36(42)39(35(31)41)27-14-16-28(17-15-27)43-22-26-10-3-5-12-32(26)37/h2-20H,21-22H2,1H3,(H,38,40,42)/b31-20+. The predicted molar refractivity (Wildman–Crippen MR) is 171 cm³/mol. The van der Waals surface area contributed by atoms with E-state index in [0.29, 0.717) is 28.7 Å². The van der Waals surface area contributed by atoms with Crippen molar-refractivity contribution in [1.29, 1.82) is 0 Å². The fraction of sp³-hybridized carbons (Fsp3) is 0.0833. The maximum Gasteiger partial charge on any atom is 0.335 e. The molecular weight excluding hydrogens is 576 g/mol. The first-order valence-electron chi connectivity index (χ1n) is 14.0. The molecule has 1 aliphatic rings. The lowest BCUT2D eigenvalue weighted by atomic mass is 9.99. The van der Waals surface area contributed by atoms with E-state index in [9.17, 15) is 14.4 Å². The number of fused-ring (bicyclic) bond motifs is 1. The Bertz CT molecular complexity index is 1930. The van der Waals surface area contributed by atoms with Gasteiger partial charge in [-0.3, -0.25) is 14.9 Å². The summed E-state index contributed by atoms with van der Waals surface area (Å²) in [5.41, 5.74) is 3.57. The fourth-order valence-electron chi connectivity index (χ4n) is 5.02. The van der Waals surface area contributed by atoms with Crippen LogP contribution in [0.2, 0.25) is 5.02 Å². The Labute approximate surface area is 259 Å². The SMILES string of the molecule is Cc1cccc(COc2ccc3ccccc3c2/C=C2\C(=O)NC(=O)N(c3ccc(OCc4ccccc4Cl)cc3)C2=O)c1. The topological polar surface area (TPSA) is 84.9 Å². The third-order valence-electron chi connectivity index (χ3n) is 7.24. The van der Waals surface area contributed by atoms with Crippen molar-refractivity contribution in [2.24, 2.45) is 0 Å². The van der Waals surface area contributed by atoms with Crippen LogP contribution in [0.4, 0.5) is 10.5 Å². The number of amides is 4. The average molecular weight is 603 g/mol. The zero-order chi connectivity index (χ0) is 30.6. The van der Waals surface area contributed by atoms with E-state index in [1.54, 1.807) is 30.3 Å². The molecule has 5 aromatic carbocycles. The highest BCUT2D eigenvalue weighted by Gasteiger charge is 2.37. The van der Waals surface area contributed by atoms with E-state index >= 15 is 0 Å². The molecule has 44 heavy (non-hydrogen) atoms. The third-order valence-corrected chi connectivity index (χ3v) is 7.61. The predicted octanol–water partition coefficient (Wildman–Crippen LogP) is 7.63. The molecule has 6 rings (SSSR count). The van der Waals surface area contributed by atoms with Crippen molar-refractivity contribution in [1.82, 2.24) is 5.32 Å². The number of urea groups is 1. The second kappa shape index (κ2) is 12.5. The number of rotatable bonds is 8. The highest BCUT2D eigenvalue weighted by atomic mass is 35.5. The second-order valence-corrected chi connectivity index (χ2v) is 10.7. The number of carbonyl (C=O) groups excluding carboxylic acids is 3. The van der Waals surface area contributed by atoms with Crippen molar-refractivity contribution >= 4 is 52.0 Å². The quantitative estimate of drug-likeness (QED) is 0.146. The number of nitrogens with one attached hydrogen (secondary N) is 1. The zero-order valence-electron chi connectivity index (χ0n) is 23.8. The lowest BCUT2D eigenvalue weighted by Crippen LogP contribution is -2.54. The summed E-state index contributed by atoms with van der Waals surface area (Å²) in [4.78, 5) is 40.6. The number of aryl methyl sites for hydroxylation is 1. The minimum absolute atomic E-state index is 0.194. The van der Waals surface area contributed by atoms with Gasteiger partial charge in [0.2, 0.25) is 0 Å². The van der Waals surface area contributed by atoms with Gasteiger partial charge in [0.25, 0.3) is 11.8 Å². The van der Waals surface area contributed by atoms with Crippen LogP contribution in [-0.4, -0.2) is 17.8 Å². The first kappa shape index (κ1) is 28.7. The Hall–Kier alpha value is -5.40. The Balaban J connectivity index is 1.29. The molecule has 1 saturated heterocycles. The Morgan fingerprint density at radius 1 is 0.795 bits per heavy atom. The number of halogens is 1. The Morgan fingerprint density at radius 3 is 2.36 bits per heavy atom. The van der Waals surface area contributed by atoms with Gasteiger partial charge in [0.05, 0.1) is 5.69 Å². The van der Waals surface area contributed by atoms with Crippen LogP contribution in [0, 0.1) is 6.92 Å². The van der Waals surface area contributed by atoms with Crippen LogP contribution in [0.5, 0.6) is 11.5 Å². The summed E-state index contributed by atoms with van der Waals surface area (Å²) in [5.74, 6) is -0.507. The lowest BCUT2D eigenvalue weighted by Gasteiger charge is -2.26. The number of hydrogen-bond acceptors (Lipinski definition) is 5. The molecule has 1 heterocycles. The van der Waals surface area contributed by atoms with Gasteiger partial charge in [-0.25, -0.2) is 9.69 Å². The van der Waals surface area contributed by atoms with Gasteiger partial charge < -0.3 is 9.47 Å². The highest BCUT2D eigenvalue weighted by molar-refractivity contribution is 6.39. The molecule has 7 nitrogen and oxygen atoms in total. The van der Waals surface area contributed by atoms with Crippen molar-refractivity contribution in [3.05, 3.63) is 142 Å². The molecule has 0 bridgehead atoms. The molecule has 1 N–H and O–H groups in total. The molecule has 0 unspecified atom stereocenters. The monoisotopic (exact) mass is 602 g/mol. The summed E-state index contributed by atoms with van der Waals surface area (Å²) < 4.78 is 12.0. The molecule has 0 atom stereocenters. The minimum atomic E-state index is -0.837. The third kappa shape index (κ3) is 6.04. The van der Waals surface area contributed by atoms with Crippen LogP contribution >= 0.6 is 11.6 Å². The molecule has 218 valence electrons. The Kier molecular flexibility index (Phi) is 8.12. The fourth-order valence-corrected chi connectivity index (χ4v) is 5.21. The smallest absolute Gasteiger partial charge is 0.335 e. The molecule has 0 saturated carbocycles. The molecule has 0 aliphatic carbocycles. The van der Waals surface area contributed by atoms with Crippen LogP contribution in [0.15, 0.2) is 115 Å². The van der Waals surface area contributed by atoms with E-state index in [1.807, 2.05) is 85.8 Å². The normalized spacial score (nSPS) is 14.2. The maximum absolute atomic E-state index is 13.7. The number of benzene rings is 5. The molecular formula is C36H27ClN2O5. The van der Waals surface area contributed by atoms with Gasteiger partial charge in [0.1, 0.15) is 30.3 Å². The molecule has 5 aromatic rings. The minimum Gasteiger partial charge on any atom is -0.489 e. The maximum atomic E-state index is 13.7. The first-order valence-corrected chi connectivity index (χ1v) is 14.3. The van der Waals surface area contributed by atoms with Crippen LogP contribution in [0.25, 0.3) is 16.8 Å². The van der Waals surface area contributed by atoms with Gasteiger partial charge in [-0.2, -0.15) is 0 Å². The van der Waals surface area contributed by atoms with Crippen molar-refractivity contribution in [3.63, 3.8) is 0 Å². The summed E-state index contributed by atoms with van der Waals surface area (Å²) in [6.45, 7) is 2.56. The Morgan fingerprint density at radius 2 is 1.57 bits per heavy atom. The number of imide groups is 2. The van der Waals surface area contributed by atoms with Crippen molar-refractivity contribution in [2.75, 3.05) is 4.90 Å². The van der Waals surface area contributed by atoms with E-state index < -0.39 is 17.8 Å². The lowest BCUT2D eigenvalue weighted by molar-refractivity contribution is -0.122. The largest absolute Gasteiger partial charge is 0.489 e. The van der Waals surface area contributed by atoms with Crippen LogP contribution in [0.1, 0.15) is 22.3 Å².